The largest absolute Gasteiger partial charge is 0.368 e. The van der Waals surface area contributed by atoms with Gasteiger partial charge in [0, 0.05) is 76.0 Å². The highest BCUT2D eigenvalue weighted by Gasteiger charge is 2.21. The van der Waals surface area contributed by atoms with E-state index < -0.39 is 0 Å². The summed E-state index contributed by atoms with van der Waals surface area (Å²) in [7, 11) is 0. The molecule has 4 heterocycles. The van der Waals surface area contributed by atoms with Gasteiger partial charge in [0.1, 0.15) is 0 Å². The first-order valence-electron chi connectivity index (χ1n) is 11.9. The normalized spacial score (nSPS) is 17.5. The zero-order chi connectivity index (χ0) is 22.6. The van der Waals surface area contributed by atoms with Crippen molar-refractivity contribution >= 4 is 17.6 Å². The molecule has 3 aromatic rings. The summed E-state index contributed by atoms with van der Waals surface area (Å²) >= 11 is 0. The van der Waals surface area contributed by atoms with Gasteiger partial charge in [-0.15, -0.1) is 0 Å². The number of benzene rings is 1. The van der Waals surface area contributed by atoms with Gasteiger partial charge in [0.05, 0.1) is 11.4 Å². The zero-order valence-electron chi connectivity index (χ0n) is 19.6. The Bertz CT molecular complexity index is 1060. The molecule has 2 saturated heterocycles. The lowest BCUT2D eigenvalue weighted by Gasteiger charge is -2.36. The minimum atomic E-state index is 0.777. The van der Waals surface area contributed by atoms with Crippen LogP contribution in [0.4, 0.5) is 17.6 Å². The lowest BCUT2D eigenvalue weighted by molar-refractivity contribution is 0.270. The van der Waals surface area contributed by atoms with Crippen LogP contribution in [0.2, 0.25) is 0 Å². The van der Waals surface area contributed by atoms with Crippen molar-refractivity contribution in [2.24, 2.45) is 0 Å². The third kappa shape index (κ3) is 4.75. The molecule has 2 aliphatic heterocycles. The molecule has 0 spiro atoms. The number of nitrogens with zero attached hydrogens (tertiary/aromatic N) is 8. The Morgan fingerprint density at radius 2 is 1.36 bits per heavy atom. The highest BCUT2D eigenvalue weighted by atomic mass is 15.3. The predicted octanol–water partition coefficient (Wildman–Crippen LogP) is 2.71. The SMILES string of the molecule is CCN1CCN(c2ncc(-c3ccnc(N4CCN(c5ccccc5)CC4)n3)c(C)n2)CC1. The van der Waals surface area contributed by atoms with Crippen molar-refractivity contribution in [1.82, 2.24) is 24.8 Å². The van der Waals surface area contributed by atoms with Crippen LogP contribution in [0.5, 0.6) is 0 Å². The number of aromatic nitrogens is 4. The molecule has 0 amide bonds. The number of rotatable bonds is 5. The third-order valence-corrected chi connectivity index (χ3v) is 6.67. The first-order chi connectivity index (χ1) is 16.2. The van der Waals surface area contributed by atoms with Gasteiger partial charge in [0.2, 0.25) is 11.9 Å². The van der Waals surface area contributed by atoms with E-state index in [4.69, 9.17) is 15.0 Å². The number of hydrogen-bond donors (Lipinski definition) is 0. The van der Waals surface area contributed by atoms with E-state index in [1.807, 2.05) is 25.4 Å². The summed E-state index contributed by atoms with van der Waals surface area (Å²) in [6, 6.07) is 12.5. The van der Waals surface area contributed by atoms with Crippen molar-refractivity contribution in [2.45, 2.75) is 13.8 Å². The molecule has 8 heteroatoms. The quantitative estimate of drug-likeness (QED) is 0.595. The lowest BCUT2D eigenvalue weighted by Crippen LogP contribution is -2.47. The average molecular weight is 445 g/mol. The monoisotopic (exact) mass is 444 g/mol. The van der Waals surface area contributed by atoms with Crippen LogP contribution < -0.4 is 14.7 Å². The van der Waals surface area contributed by atoms with E-state index in [0.717, 1.165) is 87.8 Å². The first-order valence-corrected chi connectivity index (χ1v) is 11.9. The molecule has 0 bridgehead atoms. The minimum absolute atomic E-state index is 0.777. The van der Waals surface area contributed by atoms with Crippen LogP contribution in [-0.4, -0.2) is 83.7 Å². The van der Waals surface area contributed by atoms with Crippen LogP contribution in [0.15, 0.2) is 48.8 Å². The highest BCUT2D eigenvalue weighted by molar-refractivity contribution is 5.63. The molecular formula is C25H32N8. The summed E-state index contributed by atoms with van der Waals surface area (Å²) in [5.41, 5.74) is 4.08. The molecule has 0 radical (unpaired) electrons. The molecule has 1 aromatic carbocycles. The van der Waals surface area contributed by atoms with Gasteiger partial charge in [-0.25, -0.2) is 19.9 Å². The summed E-state index contributed by atoms with van der Waals surface area (Å²) in [5.74, 6) is 1.60. The zero-order valence-corrected chi connectivity index (χ0v) is 19.6. The van der Waals surface area contributed by atoms with E-state index in [-0.39, 0.29) is 0 Å². The second kappa shape index (κ2) is 9.70. The Kier molecular flexibility index (Phi) is 6.35. The van der Waals surface area contributed by atoms with Gasteiger partial charge in [0.15, 0.2) is 0 Å². The molecule has 2 fully saturated rings. The molecule has 5 rings (SSSR count). The van der Waals surface area contributed by atoms with E-state index in [9.17, 15) is 0 Å². The van der Waals surface area contributed by atoms with Gasteiger partial charge in [0.25, 0.3) is 0 Å². The van der Waals surface area contributed by atoms with Crippen molar-refractivity contribution in [3.63, 3.8) is 0 Å². The van der Waals surface area contributed by atoms with Crippen LogP contribution in [0.1, 0.15) is 12.6 Å². The molecule has 0 atom stereocenters. The van der Waals surface area contributed by atoms with Crippen molar-refractivity contribution in [3.05, 3.63) is 54.5 Å². The third-order valence-electron chi connectivity index (χ3n) is 6.67. The Balaban J connectivity index is 1.27. The maximum absolute atomic E-state index is 4.88. The highest BCUT2D eigenvalue weighted by Crippen LogP contribution is 2.24. The molecule has 0 N–H and O–H groups in total. The molecule has 0 unspecified atom stereocenters. The van der Waals surface area contributed by atoms with Gasteiger partial charge in [-0.2, -0.15) is 0 Å². The standard InChI is InChI=1S/C25H32N8/c1-3-30-11-13-32(14-12-30)25-27-19-22(20(2)28-25)23-9-10-26-24(29-23)33-17-15-31(16-18-33)21-7-5-4-6-8-21/h4-10,19H,3,11-18H2,1-2H3. The number of para-hydroxylation sites is 1. The number of anilines is 3. The van der Waals surface area contributed by atoms with Gasteiger partial charge in [-0.1, -0.05) is 25.1 Å². The topological polar surface area (TPSA) is 64.5 Å². The van der Waals surface area contributed by atoms with Crippen molar-refractivity contribution in [3.8, 4) is 11.3 Å². The molecule has 0 aliphatic carbocycles. The maximum Gasteiger partial charge on any atom is 0.225 e. The van der Waals surface area contributed by atoms with Gasteiger partial charge >= 0.3 is 0 Å². The van der Waals surface area contributed by atoms with Crippen molar-refractivity contribution in [1.29, 1.82) is 0 Å². The molecular weight excluding hydrogens is 412 g/mol. The molecule has 8 nitrogen and oxygen atoms in total. The smallest absolute Gasteiger partial charge is 0.225 e. The Labute approximate surface area is 195 Å². The van der Waals surface area contributed by atoms with E-state index >= 15 is 0 Å². The summed E-state index contributed by atoms with van der Waals surface area (Å²) in [6.45, 7) is 13.1. The fraction of sp³-hybridized carbons (Fsp3) is 0.440. The van der Waals surface area contributed by atoms with E-state index in [1.54, 1.807) is 0 Å². The number of aryl methyl sites for hydroxylation is 1. The van der Waals surface area contributed by atoms with E-state index in [0.29, 0.717) is 0 Å². The Hall–Kier alpha value is -3.26. The van der Waals surface area contributed by atoms with Gasteiger partial charge < -0.3 is 19.6 Å². The molecule has 2 aliphatic rings. The van der Waals surface area contributed by atoms with E-state index in [2.05, 4.69) is 61.8 Å². The van der Waals surface area contributed by atoms with Crippen LogP contribution in [0.25, 0.3) is 11.3 Å². The fourth-order valence-corrected chi connectivity index (χ4v) is 4.58. The molecule has 0 saturated carbocycles. The van der Waals surface area contributed by atoms with Crippen molar-refractivity contribution in [2.75, 3.05) is 73.6 Å². The van der Waals surface area contributed by atoms with E-state index in [1.165, 1.54) is 5.69 Å². The van der Waals surface area contributed by atoms with Crippen LogP contribution in [0, 0.1) is 6.92 Å². The first kappa shape index (κ1) is 21.6. The molecule has 172 valence electrons. The summed E-state index contributed by atoms with van der Waals surface area (Å²) < 4.78 is 0. The average Bonchev–Trinajstić information content (AvgIpc) is 2.89. The fourth-order valence-electron chi connectivity index (χ4n) is 4.58. The van der Waals surface area contributed by atoms with Crippen LogP contribution in [0.3, 0.4) is 0 Å². The van der Waals surface area contributed by atoms with Gasteiger partial charge in [-0.05, 0) is 31.7 Å². The maximum atomic E-state index is 4.88. The minimum Gasteiger partial charge on any atom is -0.368 e. The second-order valence-corrected chi connectivity index (χ2v) is 8.64. The lowest BCUT2D eigenvalue weighted by atomic mass is 10.1. The van der Waals surface area contributed by atoms with Crippen molar-refractivity contribution < 1.29 is 0 Å². The second-order valence-electron chi connectivity index (χ2n) is 8.64. The molecule has 33 heavy (non-hydrogen) atoms. The summed E-state index contributed by atoms with van der Waals surface area (Å²) in [4.78, 5) is 28.4. The number of hydrogen-bond acceptors (Lipinski definition) is 8. The number of piperazine rings is 2. The summed E-state index contributed by atoms with van der Waals surface area (Å²) in [6.07, 6.45) is 3.77. The number of likely N-dealkylation sites (N-methyl/N-ethyl adjacent to an activating group) is 1. The van der Waals surface area contributed by atoms with Crippen LogP contribution in [-0.2, 0) is 0 Å². The molecule has 2 aromatic heterocycles. The Morgan fingerprint density at radius 1 is 0.727 bits per heavy atom. The Morgan fingerprint density at radius 3 is 2.03 bits per heavy atom. The summed E-state index contributed by atoms with van der Waals surface area (Å²) in [5, 5.41) is 0. The van der Waals surface area contributed by atoms with Gasteiger partial charge in [-0.3, -0.25) is 0 Å². The predicted molar refractivity (Wildman–Crippen MR) is 133 cm³/mol. The van der Waals surface area contributed by atoms with Crippen LogP contribution >= 0.6 is 0 Å².